The SMILES string of the molecule is O=C(Cc1ccccc1)N[C@@H](CCO)C(=O)O. The third-order valence-electron chi connectivity index (χ3n) is 2.26. The fourth-order valence-corrected chi connectivity index (χ4v) is 1.41. The molecule has 92 valence electrons. The molecule has 1 rings (SSSR count). The van der Waals surface area contributed by atoms with Crippen molar-refractivity contribution in [3.05, 3.63) is 35.9 Å². The monoisotopic (exact) mass is 237 g/mol. The van der Waals surface area contributed by atoms with Gasteiger partial charge in [0, 0.05) is 13.0 Å². The lowest BCUT2D eigenvalue weighted by atomic mass is 10.1. The number of aliphatic hydroxyl groups excluding tert-OH is 1. The Kier molecular flexibility index (Phi) is 5.16. The molecule has 3 N–H and O–H groups in total. The second kappa shape index (κ2) is 6.65. The number of carbonyl (C=O) groups is 2. The number of benzene rings is 1. The van der Waals surface area contributed by atoms with Crippen molar-refractivity contribution in [2.45, 2.75) is 18.9 Å². The molecule has 1 amide bonds. The summed E-state index contributed by atoms with van der Waals surface area (Å²) in [5.41, 5.74) is 0.818. The van der Waals surface area contributed by atoms with Crippen LogP contribution in [0.4, 0.5) is 0 Å². The quantitative estimate of drug-likeness (QED) is 0.658. The van der Waals surface area contributed by atoms with E-state index in [9.17, 15) is 9.59 Å². The standard InChI is InChI=1S/C12H15NO4/c14-7-6-10(12(16)17)13-11(15)8-9-4-2-1-3-5-9/h1-5,10,14H,6-8H2,(H,13,15)(H,16,17)/t10-/m0/s1. The number of hydrogen-bond acceptors (Lipinski definition) is 3. The van der Waals surface area contributed by atoms with E-state index in [1.54, 1.807) is 12.1 Å². The van der Waals surface area contributed by atoms with Crippen LogP contribution in [-0.4, -0.2) is 34.7 Å². The van der Waals surface area contributed by atoms with Gasteiger partial charge in [-0.05, 0) is 5.56 Å². The van der Waals surface area contributed by atoms with Crippen LogP contribution >= 0.6 is 0 Å². The Bertz CT molecular complexity index is 377. The van der Waals surface area contributed by atoms with Crippen molar-refractivity contribution in [2.75, 3.05) is 6.61 Å². The number of carbonyl (C=O) groups excluding carboxylic acids is 1. The van der Waals surface area contributed by atoms with Gasteiger partial charge >= 0.3 is 5.97 Å². The van der Waals surface area contributed by atoms with E-state index in [4.69, 9.17) is 10.2 Å². The van der Waals surface area contributed by atoms with Crippen LogP contribution < -0.4 is 5.32 Å². The van der Waals surface area contributed by atoms with Crippen LogP contribution in [0.3, 0.4) is 0 Å². The molecule has 0 saturated heterocycles. The number of aliphatic carboxylic acids is 1. The molecule has 5 nitrogen and oxygen atoms in total. The molecule has 5 heteroatoms. The summed E-state index contributed by atoms with van der Waals surface area (Å²) in [6.07, 6.45) is 0.145. The number of carboxylic acid groups (broad SMARTS) is 1. The van der Waals surface area contributed by atoms with Gasteiger partial charge in [0.05, 0.1) is 6.42 Å². The predicted molar refractivity (Wildman–Crippen MR) is 61.4 cm³/mol. The van der Waals surface area contributed by atoms with Gasteiger partial charge in [-0.15, -0.1) is 0 Å². The molecule has 0 aromatic heterocycles. The first-order chi connectivity index (χ1) is 8.13. The van der Waals surface area contributed by atoms with Gasteiger partial charge in [0.15, 0.2) is 0 Å². The maximum atomic E-state index is 11.5. The highest BCUT2D eigenvalue weighted by molar-refractivity contribution is 5.84. The number of amides is 1. The molecule has 0 fully saturated rings. The maximum Gasteiger partial charge on any atom is 0.326 e. The maximum absolute atomic E-state index is 11.5. The number of aliphatic hydroxyl groups is 1. The summed E-state index contributed by atoms with van der Waals surface area (Å²) in [6.45, 7) is -0.275. The Morgan fingerprint density at radius 3 is 2.41 bits per heavy atom. The van der Waals surface area contributed by atoms with E-state index in [1.165, 1.54) is 0 Å². The van der Waals surface area contributed by atoms with Crippen molar-refractivity contribution in [3.63, 3.8) is 0 Å². The van der Waals surface area contributed by atoms with E-state index in [-0.39, 0.29) is 25.4 Å². The topological polar surface area (TPSA) is 86.6 Å². The van der Waals surface area contributed by atoms with Crippen molar-refractivity contribution in [1.82, 2.24) is 5.32 Å². The lowest BCUT2D eigenvalue weighted by Crippen LogP contribution is -2.42. The first-order valence-corrected chi connectivity index (χ1v) is 5.30. The third kappa shape index (κ3) is 4.65. The first kappa shape index (κ1) is 13.2. The highest BCUT2D eigenvalue weighted by atomic mass is 16.4. The average molecular weight is 237 g/mol. The lowest BCUT2D eigenvalue weighted by molar-refractivity contribution is -0.142. The van der Waals surface area contributed by atoms with Crippen LogP contribution in [0.5, 0.6) is 0 Å². The molecule has 17 heavy (non-hydrogen) atoms. The minimum Gasteiger partial charge on any atom is -0.480 e. The van der Waals surface area contributed by atoms with Gasteiger partial charge in [-0.3, -0.25) is 4.79 Å². The molecule has 0 unspecified atom stereocenters. The molecular weight excluding hydrogens is 222 g/mol. The van der Waals surface area contributed by atoms with Crippen molar-refractivity contribution in [1.29, 1.82) is 0 Å². The van der Waals surface area contributed by atoms with Gasteiger partial charge in [-0.25, -0.2) is 4.79 Å². The second-order valence-electron chi connectivity index (χ2n) is 3.63. The van der Waals surface area contributed by atoms with E-state index in [2.05, 4.69) is 5.32 Å². The number of nitrogens with one attached hydrogen (secondary N) is 1. The molecule has 0 aliphatic carbocycles. The third-order valence-corrected chi connectivity index (χ3v) is 2.26. The van der Waals surface area contributed by atoms with Crippen molar-refractivity contribution < 1.29 is 19.8 Å². The van der Waals surface area contributed by atoms with Gasteiger partial charge in [0.25, 0.3) is 0 Å². The van der Waals surface area contributed by atoms with E-state index in [0.29, 0.717) is 0 Å². The number of carboxylic acids is 1. The molecule has 1 aromatic carbocycles. The zero-order valence-corrected chi connectivity index (χ0v) is 9.30. The molecular formula is C12H15NO4. The van der Waals surface area contributed by atoms with E-state index < -0.39 is 12.0 Å². The van der Waals surface area contributed by atoms with Crippen LogP contribution in [-0.2, 0) is 16.0 Å². The largest absolute Gasteiger partial charge is 0.480 e. The minimum atomic E-state index is -1.14. The Morgan fingerprint density at radius 1 is 1.24 bits per heavy atom. The first-order valence-electron chi connectivity index (χ1n) is 5.30. The fourth-order valence-electron chi connectivity index (χ4n) is 1.41. The van der Waals surface area contributed by atoms with Gasteiger partial charge in [0.2, 0.25) is 5.91 Å². The molecule has 0 bridgehead atoms. The Labute approximate surface area is 99.1 Å². The van der Waals surface area contributed by atoms with Crippen LogP contribution in [0.25, 0.3) is 0 Å². The zero-order chi connectivity index (χ0) is 12.7. The van der Waals surface area contributed by atoms with Crippen molar-refractivity contribution in [3.8, 4) is 0 Å². The Morgan fingerprint density at radius 2 is 1.88 bits per heavy atom. The highest BCUT2D eigenvalue weighted by Gasteiger charge is 2.18. The molecule has 0 saturated carbocycles. The number of hydrogen-bond donors (Lipinski definition) is 3. The zero-order valence-electron chi connectivity index (χ0n) is 9.30. The van der Waals surface area contributed by atoms with E-state index in [1.807, 2.05) is 18.2 Å². The van der Waals surface area contributed by atoms with Crippen molar-refractivity contribution >= 4 is 11.9 Å². The second-order valence-corrected chi connectivity index (χ2v) is 3.63. The fraction of sp³-hybridized carbons (Fsp3) is 0.333. The summed E-state index contributed by atoms with van der Waals surface area (Å²) in [4.78, 5) is 22.3. The van der Waals surface area contributed by atoms with E-state index >= 15 is 0 Å². The smallest absolute Gasteiger partial charge is 0.326 e. The summed E-state index contributed by atoms with van der Waals surface area (Å²) in [7, 11) is 0. The molecule has 0 heterocycles. The summed E-state index contributed by atoms with van der Waals surface area (Å²) >= 11 is 0. The minimum absolute atomic E-state index is 0.00978. The van der Waals surface area contributed by atoms with Gasteiger partial charge in [-0.1, -0.05) is 30.3 Å². The molecule has 0 radical (unpaired) electrons. The van der Waals surface area contributed by atoms with Gasteiger partial charge < -0.3 is 15.5 Å². The van der Waals surface area contributed by atoms with Crippen LogP contribution in [0, 0.1) is 0 Å². The summed E-state index contributed by atoms with van der Waals surface area (Å²) in [5.74, 6) is -1.50. The molecule has 1 aromatic rings. The summed E-state index contributed by atoms with van der Waals surface area (Å²) in [5, 5.41) is 19.8. The van der Waals surface area contributed by atoms with Crippen LogP contribution in [0.15, 0.2) is 30.3 Å². The van der Waals surface area contributed by atoms with Crippen LogP contribution in [0.1, 0.15) is 12.0 Å². The Balaban J connectivity index is 2.51. The normalized spacial score (nSPS) is 11.8. The summed E-state index contributed by atoms with van der Waals surface area (Å²) in [6, 6.07) is 8.02. The molecule has 1 atom stereocenters. The van der Waals surface area contributed by atoms with E-state index in [0.717, 1.165) is 5.56 Å². The summed E-state index contributed by atoms with van der Waals surface area (Å²) < 4.78 is 0. The molecule has 0 aliphatic heterocycles. The lowest BCUT2D eigenvalue weighted by Gasteiger charge is -2.13. The predicted octanol–water partition coefficient (Wildman–Crippen LogP) is 0.181. The van der Waals surface area contributed by atoms with Gasteiger partial charge in [-0.2, -0.15) is 0 Å². The highest BCUT2D eigenvalue weighted by Crippen LogP contribution is 2.00. The van der Waals surface area contributed by atoms with Gasteiger partial charge in [0.1, 0.15) is 6.04 Å². The molecule has 0 spiro atoms. The average Bonchev–Trinajstić information content (AvgIpc) is 2.29. The Hall–Kier alpha value is -1.88. The number of rotatable bonds is 6. The van der Waals surface area contributed by atoms with Crippen molar-refractivity contribution in [2.24, 2.45) is 0 Å². The molecule has 0 aliphatic rings. The van der Waals surface area contributed by atoms with Crippen LogP contribution in [0.2, 0.25) is 0 Å².